The van der Waals surface area contributed by atoms with Crippen LogP contribution < -0.4 is 30.3 Å². The van der Waals surface area contributed by atoms with E-state index in [-0.39, 0.29) is 24.9 Å². The van der Waals surface area contributed by atoms with Crippen molar-refractivity contribution in [2.45, 2.75) is 6.04 Å². The van der Waals surface area contributed by atoms with Gasteiger partial charge in [0.25, 0.3) is 0 Å². The van der Waals surface area contributed by atoms with Crippen LogP contribution in [0.2, 0.25) is 0 Å². The molecule has 0 rings (SSSR count). The van der Waals surface area contributed by atoms with Crippen LogP contribution in [0.1, 0.15) is 0 Å². The van der Waals surface area contributed by atoms with Crippen molar-refractivity contribution in [3.63, 3.8) is 0 Å². The summed E-state index contributed by atoms with van der Waals surface area (Å²) >= 11 is 0. The van der Waals surface area contributed by atoms with Gasteiger partial charge < -0.3 is 11.5 Å². The van der Waals surface area contributed by atoms with Crippen LogP contribution in [0, 0.1) is 18.9 Å². The summed E-state index contributed by atoms with van der Waals surface area (Å²) in [6.45, 7) is 1.26. The van der Waals surface area contributed by atoms with Crippen LogP contribution in [0.3, 0.4) is 0 Å². The van der Waals surface area contributed by atoms with Crippen LogP contribution in [0.4, 0.5) is 0 Å². The van der Waals surface area contributed by atoms with Crippen molar-refractivity contribution in [2.75, 3.05) is 0 Å². The second-order valence-corrected chi connectivity index (χ2v) is 0.885. The maximum atomic E-state index is 5.06. The summed E-state index contributed by atoms with van der Waals surface area (Å²) < 4.78 is 0. The molecule has 0 aliphatic carbocycles. The molecule has 0 aliphatic rings. The minimum atomic E-state index is -0.384. The maximum Gasteiger partial charge on any atom is 1.00 e. The zero-order valence-corrected chi connectivity index (χ0v) is 4.39. The van der Waals surface area contributed by atoms with Gasteiger partial charge in [-0.15, -0.1) is 12.3 Å². The van der Waals surface area contributed by atoms with E-state index in [9.17, 15) is 0 Å². The third kappa shape index (κ3) is 6.08. The Labute approximate surface area is 55.8 Å². The quantitative estimate of drug-likeness (QED) is 0.196. The first-order valence-corrected chi connectivity index (χ1v) is 1.58. The molecule has 0 spiro atoms. The van der Waals surface area contributed by atoms with Gasteiger partial charge in [0, 0.05) is 0 Å². The van der Waals surface area contributed by atoms with E-state index < -0.39 is 0 Å². The summed E-state index contributed by atoms with van der Waals surface area (Å²) in [7, 11) is 0. The van der Waals surface area contributed by atoms with Crippen molar-refractivity contribution in [3.05, 3.63) is 6.54 Å². The largest absolute Gasteiger partial charge is 1.00 e. The number of hydrogen-bond donors (Lipinski definition) is 2. The van der Waals surface area contributed by atoms with Gasteiger partial charge in [0.15, 0.2) is 0 Å². The van der Waals surface area contributed by atoms with Crippen molar-refractivity contribution < 1.29 is 18.9 Å². The molecule has 1 unspecified atom stereocenters. The maximum absolute atomic E-state index is 5.06. The fourth-order valence-corrected chi connectivity index (χ4v) is 0.0556. The van der Waals surface area contributed by atoms with Crippen molar-refractivity contribution in [2.24, 2.45) is 11.5 Å². The van der Waals surface area contributed by atoms with Crippen molar-refractivity contribution >= 4 is 0 Å². The first-order valence-electron chi connectivity index (χ1n) is 1.58. The number of hydrogen-bond acceptors (Lipinski definition) is 2. The van der Waals surface area contributed by atoms with E-state index in [0.717, 1.165) is 0 Å². The molecule has 0 fully saturated rings. The molecule has 0 heterocycles. The van der Waals surface area contributed by atoms with Gasteiger partial charge in [-0.05, 0) is 6.04 Å². The van der Waals surface area contributed by atoms with Gasteiger partial charge in [-0.25, -0.2) is 6.54 Å². The third-order valence-electron chi connectivity index (χ3n) is 0.400. The van der Waals surface area contributed by atoms with Gasteiger partial charge >= 0.3 is 18.9 Å². The second-order valence-electron chi connectivity index (χ2n) is 0.885. The fraction of sp³-hybridized carbons (Fsp3) is 0.250. The molecule has 0 aromatic rings. The van der Waals surface area contributed by atoms with Gasteiger partial charge in [-0.1, -0.05) is 0 Å². The Morgan fingerprint density at radius 1 is 1.71 bits per heavy atom. The summed E-state index contributed by atoms with van der Waals surface area (Å²) in [6, 6.07) is -0.384. The molecule has 0 aromatic carbocycles. The molecule has 0 aromatic heterocycles. The van der Waals surface area contributed by atoms with E-state index in [1.165, 1.54) is 6.54 Å². The Balaban J connectivity index is 0. The van der Waals surface area contributed by atoms with E-state index in [1.54, 1.807) is 0 Å². The Hall–Kier alpha value is 0.0774. The third-order valence-corrected chi connectivity index (χ3v) is 0.400. The molecule has 0 bridgehead atoms. The van der Waals surface area contributed by atoms with E-state index in [4.69, 9.17) is 17.9 Å². The molecule has 7 heavy (non-hydrogen) atoms. The smallest absolute Gasteiger partial charge is 0.481 e. The Morgan fingerprint density at radius 2 is 2.14 bits per heavy atom. The molecule has 0 radical (unpaired) electrons. The van der Waals surface area contributed by atoms with E-state index in [1.807, 2.05) is 0 Å². The summed E-state index contributed by atoms with van der Waals surface area (Å²) in [4.78, 5) is 0. The molecule has 0 saturated carbocycles. The van der Waals surface area contributed by atoms with Crippen LogP contribution >= 0.6 is 0 Å². The van der Waals surface area contributed by atoms with Crippen LogP contribution in [-0.4, -0.2) is 6.04 Å². The minimum Gasteiger partial charge on any atom is -0.481 e. The molecule has 2 nitrogen and oxygen atoms in total. The summed E-state index contributed by atoms with van der Waals surface area (Å²) in [5.74, 6) is 2.21. The fourth-order valence-electron chi connectivity index (χ4n) is 0.0556. The predicted octanol–water partition coefficient (Wildman–Crippen LogP) is -3.93. The first-order chi connectivity index (χ1) is 2.81. The molecule has 0 aliphatic heterocycles. The summed E-state index contributed by atoms with van der Waals surface area (Å²) in [6.07, 6.45) is 4.80. The molecule has 4 N–H and O–H groups in total. The second kappa shape index (κ2) is 6.08. The topological polar surface area (TPSA) is 52.0 Å². The summed E-state index contributed by atoms with van der Waals surface area (Å²) in [5, 5.41) is 0. The Morgan fingerprint density at radius 3 is 2.14 bits per heavy atom. The van der Waals surface area contributed by atoms with Gasteiger partial charge in [0.1, 0.15) is 0 Å². The van der Waals surface area contributed by atoms with Crippen LogP contribution in [0.5, 0.6) is 0 Å². The van der Waals surface area contributed by atoms with Crippen LogP contribution in [0.25, 0.3) is 0 Å². The monoisotopic (exact) mass is 90.1 g/mol. The van der Waals surface area contributed by atoms with E-state index >= 15 is 0 Å². The SMILES string of the molecule is C#CC(N)[CH-]N.[Li+]. The van der Waals surface area contributed by atoms with Gasteiger partial charge in [-0.3, -0.25) is 0 Å². The Kier molecular flexibility index (Phi) is 8.80. The van der Waals surface area contributed by atoms with E-state index in [0.29, 0.717) is 0 Å². The van der Waals surface area contributed by atoms with Crippen LogP contribution in [-0.2, 0) is 0 Å². The molecule has 1 atom stereocenters. The minimum absolute atomic E-state index is 0. The normalized spacial score (nSPS) is 11.0. The van der Waals surface area contributed by atoms with Crippen molar-refractivity contribution in [1.82, 2.24) is 0 Å². The average molecular weight is 90.1 g/mol. The van der Waals surface area contributed by atoms with Gasteiger partial charge in [0.2, 0.25) is 0 Å². The molecule has 34 valence electrons. The molecule has 3 heteroatoms. The summed E-state index contributed by atoms with van der Waals surface area (Å²) in [5.41, 5.74) is 9.95. The van der Waals surface area contributed by atoms with Crippen molar-refractivity contribution in [1.29, 1.82) is 0 Å². The first kappa shape index (κ1) is 10.1. The van der Waals surface area contributed by atoms with Gasteiger partial charge in [0.05, 0.1) is 0 Å². The zero-order valence-electron chi connectivity index (χ0n) is 4.39. The molecular weight excluding hydrogens is 83.0 g/mol. The van der Waals surface area contributed by atoms with E-state index in [2.05, 4.69) is 5.92 Å². The standard InChI is InChI=1S/C4H7N2.Li/c1-2-4(6)3-5;/h1,3-4H,5-6H2;/q-1;+1. The number of nitrogens with two attached hydrogens (primary N) is 2. The Bertz CT molecular complexity index is 66.6. The molecular formula is C4H7LiN2. The zero-order chi connectivity index (χ0) is 4.99. The average Bonchev–Trinajstić information content (AvgIpc) is 1.65. The molecule has 0 amide bonds. The van der Waals surface area contributed by atoms with Crippen LogP contribution in [0.15, 0.2) is 0 Å². The molecule has 0 saturated heterocycles. The van der Waals surface area contributed by atoms with Crippen molar-refractivity contribution in [3.8, 4) is 12.3 Å². The number of rotatable bonds is 1. The van der Waals surface area contributed by atoms with Gasteiger partial charge in [-0.2, -0.15) is 0 Å². The number of terminal acetylenes is 1. The predicted molar refractivity (Wildman–Crippen MR) is 25.3 cm³/mol.